The van der Waals surface area contributed by atoms with Crippen LogP contribution in [0.25, 0.3) is 21.9 Å². The topological polar surface area (TPSA) is 61.9 Å². The van der Waals surface area contributed by atoms with Gasteiger partial charge in [-0.2, -0.15) is 0 Å². The first-order chi connectivity index (χ1) is 12.7. The molecule has 2 fully saturated rings. The van der Waals surface area contributed by atoms with E-state index < -0.39 is 0 Å². The fourth-order valence-electron chi connectivity index (χ4n) is 4.36. The number of aromatic amines is 1. The predicted octanol–water partition coefficient (Wildman–Crippen LogP) is 4.09. The summed E-state index contributed by atoms with van der Waals surface area (Å²) < 4.78 is 0. The number of fused-ring (bicyclic) bond motifs is 3. The number of nitrogens with zero attached hydrogens (tertiary/aromatic N) is 3. The summed E-state index contributed by atoms with van der Waals surface area (Å²) in [6.07, 6.45) is 11.0. The maximum absolute atomic E-state index is 12.7. The van der Waals surface area contributed by atoms with E-state index in [2.05, 4.69) is 32.8 Å². The van der Waals surface area contributed by atoms with Gasteiger partial charge in [-0.05, 0) is 50.7 Å². The normalized spacial score (nSPS) is 23.7. The van der Waals surface area contributed by atoms with Crippen LogP contribution in [0, 0.1) is 11.8 Å². The highest BCUT2D eigenvalue weighted by atomic mass is 16.1. The average Bonchev–Trinajstić information content (AvgIpc) is 3.33. The lowest BCUT2D eigenvalue weighted by molar-refractivity contribution is -0.123. The van der Waals surface area contributed by atoms with Gasteiger partial charge >= 0.3 is 0 Å². The van der Waals surface area contributed by atoms with Crippen LogP contribution in [0.3, 0.4) is 0 Å². The molecule has 0 amide bonds. The number of anilines is 1. The summed E-state index contributed by atoms with van der Waals surface area (Å²) in [4.78, 5) is 27.3. The molecule has 4 heterocycles. The van der Waals surface area contributed by atoms with Gasteiger partial charge in [0.25, 0.3) is 0 Å². The van der Waals surface area contributed by atoms with Crippen molar-refractivity contribution in [2.45, 2.75) is 45.1 Å². The highest BCUT2D eigenvalue weighted by molar-refractivity contribution is 6.10. The Bertz CT molecular complexity index is 974. The molecule has 134 valence electrons. The van der Waals surface area contributed by atoms with Crippen LogP contribution in [-0.4, -0.2) is 33.3 Å². The molecule has 3 aromatic rings. The smallest absolute Gasteiger partial charge is 0.159 e. The molecule has 5 rings (SSSR count). The van der Waals surface area contributed by atoms with E-state index in [1.54, 1.807) is 0 Å². The van der Waals surface area contributed by atoms with Gasteiger partial charge in [0.1, 0.15) is 5.78 Å². The molecule has 2 aliphatic rings. The summed E-state index contributed by atoms with van der Waals surface area (Å²) in [6.45, 7) is 3.09. The fourth-order valence-corrected chi connectivity index (χ4v) is 4.36. The number of hydrogen-bond donors (Lipinski definition) is 1. The zero-order chi connectivity index (χ0) is 17.7. The Balaban J connectivity index is 1.54. The second-order valence-corrected chi connectivity index (χ2v) is 7.98. The molecule has 26 heavy (non-hydrogen) atoms. The Labute approximate surface area is 152 Å². The third kappa shape index (κ3) is 2.66. The maximum Gasteiger partial charge on any atom is 0.159 e. The zero-order valence-corrected chi connectivity index (χ0v) is 15.1. The largest absolute Gasteiger partial charge is 0.367 e. The fraction of sp³-hybridized carbons (Fsp3) is 0.476. The first kappa shape index (κ1) is 15.8. The molecule has 1 N–H and O–H groups in total. The van der Waals surface area contributed by atoms with Crippen LogP contribution in [0.15, 0.2) is 30.7 Å². The van der Waals surface area contributed by atoms with Gasteiger partial charge in [0, 0.05) is 53.8 Å². The van der Waals surface area contributed by atoms with Crippen molar-refractivity contribution in [3.05, 3.63) is 30.7 Å². The summed E-state index contributed by atoms with van der Waals surface area (Å²) in [5.74, 6) is 1.31. The summed E-state index contributed by atoms with van der Waals surface area (Å²) in [5.41, 5.74) is 2.99. The molecule has 1 saturated heterocycles. The minimum atomic E-state index is 0.168. The first-order valence-corrected chi connectivity index (χ1v) is 9.71. The van der Waals surface area contributed by atoms with Crippen LogP contribution in [0.2, 0.25) is 0 Å². The summed E-state index contributed by atoms with van der Waals surface area (Å²) >= 11 is 0. The third-order valence-corrected chi connectivity index (χ3v) is 6.10. The van der Waals surface area contributed by atoms with E-state index in [4.69, 9.17) is 0 Å². The minimum Gasteiger partial charge on any atom is -0.367 e. The number of carbonyl (C=O) groups is 1. The van der Waals surface area contributed by atoms with Crippen molar-refractivity contribution < 1.29 is 4.79 Å². The molecular weight excluding hydrogens is 324 g/mol. The average molecular weight is 348 g/mol. The first-order valence-electron chi connectivity index (χ1n) is 9.71. The molecule has 0 bridgehead atoms. The maximum atomic E-state index is 12.7. The van der Waals surface area contributed by atoms with Crippen molar-refractivity contribution in [3.8, 4) is 0 Å². The SMILES string of the molecule is CC1CCC(C(=O)CC2CC2)CN1c1cc[nH]c2cnc3nccc3c12. The van der Waals surface area contributed by atoms with Gasteiger partial charge in [-0.15, -0.1) is 0 Å². The number of hydrogen-bond acceptors (Lipinski definition) is 4. The molecule has 1 saturated carbocycles. The van der Waals surface area contributed by atoms with Crippen molar-refractivity contribution in [3.63, 3.8) is 0 Å². The molecule has 2 atom stereocenters. The van der Waals surface area contributed by atoms with Crippen LogP contribution < -0.4 is 4.90 Å². The van der Waals surface area contributed by atoms with E-state index >= 15 is 0 Å². The van der Waals surface area contributed by atoms with Gasteiger partial charge in [-0.1, -0.05) is 0 Å². The molecule has 2 unspecified atom stereocenters. The zero-order valence-electron chi connectivity index (χ0n) is 15.1. The van der Waals surface area contributed by atoms with E-state index in [1.807, 2.05) is 24.7 Å². The van der Waals surface area contributed by atoms with Crippen molar-refractivity contribution >= 4 is 33.4 Å². The number of nitrogens with one attached hydrogen (secondary N) is 1. The van der Waals surface area contributed by atoms with Gasteiger partial charge in [-0.25, -0.2) is 9.97 Å². The molecule has 5 nitrogen and oxygen atoms in total. The molecule has 0 spiro atoms. The Kier molecular flexibility index (Phi) is 3.69. The van der Waals surface area contributed by atoms with Crippen molar-refractivity contribution in [2.75, 3.05) is 11.4 Å². The van der Waals surface area contributed by atoms with Gasteiger partial charge in [0.15, 0.2) is 5.65 Å². The van der Waals surface area contributed by atoms with E-state index in [9.17, 15) is 4.79 Å². The number of rotatable bonds is 4. The number of H-pyrrole nitrogens is 1. The molecule has 3 aromatic heterocycles. The van der Waals surface area contributed by atoms with Crippen molar-refractivity contribution in [1.29, 1.82) is 0 Å². The number of carbonyl (C=O) groups excluding carboxylic acids is 1. The lowest BCUT2D eigenvalue weighted by atomic mass is 9.87. The number of ketones is 1. The lowest BCUT2D eigenvalue weighted by Gasteiger charge is -2.39. The molecule has 1 aliphatic carbocycles. The van der Waals surface area contributed by atoms with Gasteiger partial charge in [0.2, 0.25) is 0 Å². The van der Waals surface area contributed by atoms with Crippen LogP contribution in [0.1, 0.15) is 39.0 Å². The highest BCUT2D eigenvalue weighted by Crippen LogP contribution is 2.38. The standard InChI is InChI=1S/C21H24N4O/c1-13-2-5-15(19(26)10-14-3-4-14)12-25(13)18-7-9-22-17-11-24-21-16(20(17)18)6-8-23-21/h6-9,11,13-15,22H,2-5,10,12H2,1H3. The number of piperidine rings is 1. The number of pyridine rings is 2. The lowest BCUT2D eigenvalue weighted by Crippen LogP contribution is -2.44. The Hall–Kier alpha value is -2.43. The van der Waals surface area contributed by atoms with Gasteiger partial charge in [-0.3, -0.25) is 4.79 Å². The van der Waals surface area contributed by atoms with Gasteiger partial charge < -0.3 is 9.88 Å². The van der Waals surface area contributed by atoms with Crippen LogP contribution in [0.5, 0.6) is 0 Å². The third-order valence-electron chi connectivity index (χ3n) is 6.10. The van der Waals surface area contributed by atoms with Crippen LogP contribution >= 0.6 is 0 Å². The molecule has 5 heteroatoms. The Morgan fingerprint density at radius 3 is 2.96 bits per heavy atom. The van der Waals surface area contributed by atoms with Crippen LogP contribution in [-0.2, 0) is 4.79 Å². The van der Waals surface area contributed by atoms with E-state index in [0.717, 1.165) is 47.7 Å². The summed E-state index contributed by atoms with van der Waals surface area (Å²) in [5, 5.41) is 2.24. The number of Topliss-reactive ketones (excluding diaryl/α,β-unsaturated/α-hetero) is 1. The van der Waals surface area contributed by atoms with Crippen LogP contribution in [0.4, 0.5) is 5.69 Å². The second-order valence-electron chi connectivity index (χ2n) is 7.98. The quantitative estimate of drug-likeness (QED) is 0.771. The van der Waals surface area contributed by atoms with E-state index in [-0.39, 0.29) is 5.92 Å². The summed E-state index contributed by atoms with van der Waals surface area (Å²) in [7, 11) is 0. The Morgan fingerprint density at radius 2 is 2.12 bits per heavy atom. The molecule has 0 radical (unpaired) electrons. The minimum absolute atomic E-state index is 0.168. The monoisotopic (exact) mass is 348 g/mol. The predicted molar refractivity (Wildman–Crippen MR) is 103 cm³/mol. The molecule has 0 aromatic carbocycles. The highest BCUT2D eigenvalue weighted by Gasteiger charge is 2.34. The second kappa shape index (κ2) is 6.08. The molecule has 1 aliphatic heterocycles. The van der Waals surface area contributed by atoms with Crippen molar-refractivity contribution in [1.82, 2.24) is 15.0 Å². The summed E-state index contributed by atoms with van der Waals surface area (Å²) in [6, 6.07) is 4.60. The van der Waals surface area contributed by atoms with Crippen molar-refractivity contribution in [2.24, 2.45) is 11.8 Å². The molecular formula is C21H24N4O. The van der Waals surface area contributed by atoms with Gasteiger partial charge in [0.05, 0.1) is 11.7 Å². The van der Waals surface area contributed by atoms with E-state index in [0.29, 0.717) is 17.7 Å². The Morgan fingerprint density at radius 1 is 1.23 bits per heavy atom. The number of aromatic nitrogens is 3. The van der Waals surface area contributed by atoms with E-state index in [1.165, 1.54) is 18.5 Å².